The second-order valence-electron chi connectivity index (χ2n) is 4.65. The summed E-state index contributed by atoms with van der Waals surface area (Å²) in [6.07, 6.45) is 0. The second kappa shape index (κ2) is 8.22. The lowest BCUT2D eigenvalue weighted by molar-refractivity contribution is -0.124. The van der Waals surface area contributed by atoms with Crippen LogP contribution in [0.5, 0.6) is 0 Å². The maximum atomic E-state index is 11.9. The predicted octanol–water partition coefficient (Wildman–Crippen LogP) is 2.66. The predicted molar refractivity (Wildman–Crippen MR) is 84.6 cm³/mol. The fourth-order valence-corrected chi connectivity index (χ4v) is 2.08. The van der Waals surface area contributed by atoms with E-state index in [1.165, 1.54) is 0 Å². The normalized spacial score (nSPS) is 12.1. The first-order valence-electron chi connectivity index (χ1n) is 6.58. The third-order valence-corrected chi connectivity index (χ3v) is 3.92. The van der Waals surface area contributed by atoms with E-state index in [2.05, 4.69) is 10.6 Å². The molecule has 1 atom stereocenters. The van der Waals surface area contributed by atoms with Crippen LogP contribution in [0.15, 0.2) is 18.2 Å². The minimum Gasteiger partial charge on any atom is -0.338 e. The van der Waals surface area contributed by atoms with E-state index in [9.17, 15) is 9.59 Å². The molecule has 0 radical (unpaired) electrons. The molecule has 1 aromatic carbocycles. The van der Waals surface area contributed by atoms with Gasteiger partial charge in [0.25, 0.3) is 0 Å². The molecule has 0 aromatic heterocycles. The summed E-state index contributed by atoms with van der Waals surface area (Å²) >= 11 is 12.1. The van der Waals surface area contributed by atoms with E-state index < -0.39 is 12.1 Å². The minimum absolute atomic E-state index is 0.374. The number of urea groups is 1. The van der Waals surface area contributed by atoms with E-state index in [0.29, 0.717) is 23.1 Å². The molecule has 2 N–H and O–H groups in total. The molecule has 7 heteroatoms. The van der Waals surface area contributed by atoms with Crippen LogP contribution in [0.3, 0.4) is 0 Å². The van der Waals surface area contributed by atoms with E-state index in [1.807, 2.05) is 6.07 Å². The summed E-state index contributed by atoms with van der Waals surface area (Å²) in [5.41, 5.74) is 0.823. The number of nitrogens with zero attached hydrogens (tertiary/aromatic N) is 1. The van der Waals surface area contributed by atoms with Gasteiger partial charge in [-0.15, -0.1) is 0 Å². The molecule has 0 spiro atoms. The minimum atomic E-state index is -0.497. The van der Waals surface area contributed by atoms with Gasteiger partial charge < -0.3 is 5.32 Å². The van der Waals surface area contributed by atoms with Crippen LogP contribution in [0, 0.1) is 0 Å². The van der Waals surface area contributed by atoms with Crippen molar-refractivity contribution >= 4 is 35.1 Å². The van der Waals surface area contributed by atoms with Crippen molar-refractivity contribution in [3.63, 3.8) is 0 Å². The lowest BCUT2D eigenvalue weighted by Crippen LogP contribution is -2.48. The number of likely N-dealkylation sites (N-methyl/N-ethyl adjacent to an activating group) is 1. The van der Waals surface area contributed by atoms with Gasteiger partial charge in [0.05, 0.1) is 16.1 Å². The van der Waals surface area contributed by atoms with Crippen molar-refractivity contribution in [3.8, 4) is 0 Å². The molecular formula is C14H19Cl2N3O2. The Labute approximate surface area is 134 Å². The Hall–Kier alpha value is -1.30. The van der Waals surface area contributed by atoms with E-state index in [0.717, 1.165) is 5.56 Å². The molecule has 21 heavy (non-hydrogen) atoms. The van der Waals surface area contributed by atoms with Crippen LogP contribution in [-0.2, 0) is 11.3 Å². The molecule has 116 valence electrons. The maximum Gasteiger partial charge on any atom is 0.321 e. The van der Waals surface area contributed by atoms with Crippen LogP contribution in [0.4, 0.5) is 4.79 Å². The molecule has 0 saturated heterocycles. The summed E-state index contributed by atoms with van der Waals surface area (Å²) in [5, 5.41) is 5.74. The largest absolute Gasteiger partial charge is 0.338 e. The van der Waals surface area contributed by atoms with E-state index in [4.69, 9.17) is 23.2 Å². The average Bonchev–Trinajstić information content (AvgIpc) is 2.43. The molecule has 1 unspecified atom stereocenters. The van der Waals surface area contributed by atoms with Crippen molar-refractivity contribution in [3.05, 3.63) is 33.8 Å². The molecule has 0 fully saturated rings. The first-order chi connectivity index (χ1) is 9.86. The smallest absolute Gasteiger partial charge is 0.321 e. The highest BCUT2D eigenvalue weighted by atomic mass is 35.5. The molecule has 0 saturated carbocycles. The van der Waals surface area contributed by atoms with Gasteiger partial charge in [-0.1, -0.05) is 35.3 Å². The summed E-state index contributed by atoms with van der Waals surface area (Å²) in [6, 6.07) is 4.38. The number of hydrogen-bond acceptors (Lipinski definition) is 3. The zero-order chi connectivity index (χ0) is 16.0. The third kappa shape index (κ3) is 5.19. The van der Waals surface area contributed by atoms with E-state index in [1.54, 1.807) is 37.9 Å². The van der Waals surface area contributed by atoms with Gasteiger partial charge in [0, 0.05) is 13.1 Å². The molecule has 5 nitrogen and oxygen atoms in total. The van der Waals surface area contributed by atoms with Crippen LogP contribution in [0.1, 0.15) is 19.4 Å². The van der Waals surface area contributed by atoms with Gasteiger partial charge in [-0.25, -0.2) is 4.79 Å². The Morgan fingerprint density at radius 3 is 2.62 bits per heavy atom. The first-order valence-corrected chi connectivity index (χ1v) is 7.34. The molecular weight excluding hydrogens is 313 g/mol. The van der Waals surface area contributed by atoms with Crippen molar-refractivity contribution < 1.29 is 9.59 Å². The number of imide groups is 1. The number of nitrogens with one attached hydrogen (secondary N) is 2. The maximum absolute atomic E-state index is 11.9. The standard InChI is InChI=1S/C14H19Cl2N3O2/c1-4-17-14(21)18-13(20)9(2)19(3)8-10-6-5-7-11(15)12(10)16/h5-7,9H,4,8H2,1-3H3,(H2,17,18,20,21). The first kappa shape index (κ1) is 17.8. The van der Waals surface area contributed by atoms with Crippen LogP contribution >= 0.6 is 23.2 Å². The van der Waals surface area contributed by atoms with Gasteiger partial charge in [-0.2, -0.15) is 0 Å². The topological polar surface area (TPSA) is 61.4 Å². The molecule has 0 heterocycles. The monoisotopic (exact) mass is 331 g/mol. The van der Waals surface area contributed by atoms with Gasteiger partial charge in [-0.05, 0) is 32.5 Å². The van der Waals surface area contributed by atoms with Gasteiger partial charge in [-0.3, -0.25) is 15.0 Å². The van der Waals surface area contributed by atoms with Gasteiger partial charge in [0.2, 0.25) is 5.91 Å². The lowest BCUT2D eigenvalue weighted by Gasteiger charge is -2.24. The molecule has 1 rings (SSSR count). The van der Waals surface area contributed by atoms with Crippen molar-refractivity contribution in [2.24, 2.45) is 0 Å². The second-order valence-corrected chi connectivity index (χ2v) is 5.44. The number of hydrogen-bond donors (Lipinski definition) is 2. The number of benzene rings is 1. The van der Waals surface area contributed by atoms with Crippen LogP contribution in [0.2, 0.25) is 10.0 Å². The Balaban J connectivity index is 2.66. The fraction of sp³-hybridized carbons (Fsp3) is 0.429. The molecule has 0 aliphatic carbocycles. The summed E-state index contributed by atoms with van der Waals surface area (Å²) in [4.78, 5) is 25.1. The summed E-state index contributed by atoms with van der Waals surface area (Å²) in [5.74, 6) is -0.374. The summed E-state index contributed by atoms with van der Waals surface area (Å²) in [6.45, 7) is 4.40. The average molecular weight is 332 g/mol. The summed E-state index contributed by atoms with van der Waals surface area (Å²) < 4.78 is 0. The lowest BCUT2D eigenvalue weighted by atomic mass is 10.2. The number of rotatable bonds is 5. The van der Waals surface area contributed by atoms with Gasteiger partial charge in [0.1, 0.15) is 0 Å². The zero-order valence-corrected chi connectivity index (χ0v) is 13.8. The Morgan fingerprint density at radius 1 is 1.33 bits per heavy atom. The quantitative estimate of drug-likeness (QED) is 0.871. The highest BCUT2D eigenvalue weighted by molar-refractivity contribution is 6.42. The highest BCUT2D eigenvalue weighted by Gasteiger charge is 2.20. The SMILES string of the molecule is CCNC(=O)NC(=O)C(C)N(C)Cc1cccc(Cl)c1Cl. The molecule has 1 aromatic rings. The Bertz CT molecular complexity index is 523. The number of carbonyl (C=O) groups is 2. The highest BCUT2D eigenvalue weighted by Crippen LogP contribution is 2.26. The third-order valence-electron chi connectivity index (χ3n) is 3.07. The molecule has 0 aliphatic heterocycles. The summed E-state index contributed by atoms with van der Waals surface area (Å²) in [7, 11) is 1.78. The fourth-order valence-electron chi connectivity index (χ4n) is 1.70. The van der Waals surface area contributed by atoms with Crippen molar-refractivity contribution in [2.45, 2.75) is 26.4 Å². The Morgan fingerprint density at radius 2 is 2.00 bits per heavy atom. The van der Waals surface area contributed by atoms with Crippen molar-refractivity contribution in [1.29, 1.82) is 0 Å². The van der Waals surface area contributed by atoms with E-state index >= 15 is 0 Å². The van der Waals surface area contributed by atoms with Crippen LogP contribution in [-0.4, -0.2) is 36.5 Å². The van der Waals surface area contributed by atoms with Gasteiger partial charge >= 0.3 is 6.03 Å². The molecule has 0 aliphatic rings. The van der Waals surface area contributed by atoms with Crippen LogP contribution in [0.25, 0.3) is 0 Å². The molecule has 0 bridgehead atoms. The van der Waals surface area contributed by atoms with Crippen molar-refractivity contribution in [1.82, 2.24) is 15.5 Å². The van der Waals surface area contributed by atoms with Crippen molar-refractivity contribution in [2.75, 3.05) is 13.6 Å². The number of amides is 3. The van der Waals surface area contributed by atoms with Gasteiger partial charge in [0.15, 0.2) is 0 Å². The Kier molecular flexibility index (Phi) is 6.95. The van der Waals surface area contributed by atoms with Crippen LogP contribution < -0.4 is 10.6 Å². The number of carbonyl (C=O) groups excluding carboxylic acids is 2. The number of halogens is 2. The van der Waals surface area contributed by atoms with E-state index in [-0.39, 0.29) is 5.91 Å². The molecule has 3 amide bonds. The zero-order valence-electron chi connectivity index (χ0n) is 12.2.